The molecular formula is C67H47NO. The first-order valence-corrected chi connectivity index (χ1v) is 23.9. The van der Waals surface area contributed by atoms with Crippen LogP contribution in [0.3, 0.4) is 0 Å². The lowest BCUT2D eigenvalue weighted by Gasteiger charge is -2.30. The molecule has 1 aliphatic carbocycles. The Kier molecular flexibility index (Phi) is 9.55. The van der Waals surface area contributed by atoms with Crippen molar-refractivity contribution in [2.75, 3.05) is 4.90 Å². The van der Waals surface area contributed by atoms with Crippen molar-refractivity contribution >= 4 is 49.8 Å². The van der Waals surface area contributed by atoms with E-state index in [4.69, 9.17) is 4.42 Å². The predicted octanol–water partition coefficient (Wildman–Crippen LogP) is 18.9. The highest BCUT2D eigenvalue weighted by molar-refractivity contribution is 6.24. The van der Waals surface area contributed by atoms with E-state index in [2.05, 4.69) is 267 Å². The van der Waals surface area contributed by atoms with E-state index in [9.17, 15) is 0 Å². The number of nitrogens with zero attached hydrogens (tertiary/aromatic N) is 1. The molecule has 69 heavy (non-hydrogen) atoms. The van der Waals surface area contributed by atoms with Crippen LogP contribution in [0.1, 0.15) is 25.0 Å². The highest BCUT2D eigenvalue weighted by atomic mass is 16.3. The van der Waals surface area contributed by atoms with Crippen LogP contribution >= 0.6 is 0 Å². The summed E-state index contributed by atoms with van der Waals surface area (Å²) in [5.74, 6) is 0. The molecule has 0 spiro atoms. The van der Waals surface area contributed by atoms with Crippen LogP contribution in [-0.4, -0.2) is 0 Å². The molecule has 0 radical (unpaired) electrons. The van der Waals surface area contributed by atoms with Crippen molar-refractivity contribution < 1.29 is 4.42 Å². The topological polar surface area (TPSA) is 16.4 Å². The van der Waals surface area contributed by atoms with E-state index >= 15 is 0 Å². The lowest BCUT2D eigenvalue weighted by Crippen LogP contribution is -2.17. The maximum absolute atomic E-state index is 7.39. The maximum Gasteiger partial charge on any atom is 0.159 e. The molecule has 0 fully saturated rings. The fraction of sp³-hybridized carbons (Fsp3) is 0.0448. The van der Waals surface area contributed by atoms with Crippen molar-refractivity contribution in [3.63, 3.8) is 0 Å². The fourth-order valence-electron chi connectivity index (χ4n) is 11.0. The highest BCUT2D eigenvalue weighted by Crippen LogP contribution is 2.53. The number of fused-ring (bicyclic) bond motifs is 8. The molecule has 0 bridgehead atoms. The number of benzene rings is 11. The summed E-state index contributed by atoms with van der Waals surface area (Å²) >= 11 is 0. The van der Waals surface area contributed by atoms with Crippen molar-refractivity contribution in [1.29, 1.82) is 0 Å². The summed E-state index contributed by atoms with van der Waals surface area (Å²) in [6, 6.07) is 90.5. The first-order chi connectivity index (χ1) is 34.0. The molecule has 0 saturated heterocycles. The van der Waals surface area contributed by atoms with Gasteiger partial charge in [-0.25, -0.2) is 0 Å². The molecule has 0 aliphatic heterocycles. The van der Waals surface area contributed by atoms with Crippen LogP contribution in [-0.2, 0) is 5.41 Å². The number of furan rings is 1. The van der Waals surface area contributed by atoms with Crippen LogP contribution in [0.15, 0.2) is 253 Å². The molecule has 1 heterocycles. The van der Waals surface area contributed by atoms with Gasteiger partial charge < -0.3 is 9.32 Å². The smallest absolute Gasteiger partial charge is 0.159 e. The SMILES string of the molecule is CC1(C)c2ccccc2-c2ccc(N(c3ccc(-c4ccc(-c5ccccc5)cc4)cc3-c3ccc(-c4ccccc4)cc3)c3cccc4c3oc3c(-c5ccccc5)cc5ccccc5c34)cc21. The zero-order valence-corrected chi connectivity index (χ0v) is 38.5. The minimum Gasteiger partial charge on any atom is -0.453 e. The summed E-state index contributed by atoms with van der Waals surface area (Å²) in [4.78, 5) is 2.46. The molecule has 326 valence electrons. The lowest BCUT2D eigenvalue weighted by atomic mass is 9.82. The minimum atomic E-state index is -0.200. The van der Waals surface area contributed by atoms with Crippen molar-refractivity contribution in [1.82, 2.24) is 0 Å². The second kappa shape index (κ2) is 16.3. The van der Waals surface area contributed by atoms with Crippen molar-refractivity contribution in [3.8, 4) is 66.8 Å². The zero-order chi connectivity index (χ0) is 46.1. The number of para-hydroxylation sites is 1. The van der Waals surface area contributed by atoms with E-state index in [0.717, 1.165) is 72.4 Å². The second-order valence-corrected chi connectivity index (χ2v) is 18.8. The van der Waals surface area contributed by atoms with Gasteiger partial charge in [0.15, 0.2) is 5.58 Å². The number of hydrogen-bond acceptors (Lipinski definition) is 2. The predicted molar refractivity (Wildman–Crippen MR) is 291 cm³/mol. The van der Waals surface area contributed by atoms with E-state index in [1.165, 1.54) is 55.3 Å². The van der Waals surface area contributed by atoms with Gasteiger partial charge in [-0.05, 0) is 114 Å². The molecule has 0 amide bonds. The summed E-state index contributed by atoms with van der Waals surface area (Å²) in [5.41, 5.74) is 21.4. The quantitative estimate of drug-likeness (QED) is 0.151. The second-order valence-electron chi connectivity index (χ2n) is 18.8. The Morgan fingerprint density at radius 3 is 1.54 bits per heavy atom. The average Bonchev–Trinajstić information content (AvgIpc) is 3.92. The number of rotatable bonds is 8. The van der Waals surface area contributed by atoms with Crippen molar-refractivity contribution in [2.45, 2.75) is 19.3 Å². The third-order valence-electron chi connectivity index (χ3n) is 14.5. The molecule has 0 N–H and O–H groups in total. The highest BCUT2D eigenvalue weighted by Gasteiger charge is 2.36. The van der Waals surface area contributed by atoms with Gasteiger partial charge in [-0.2, -0.15) is 0 Å². The molecule has 0 saturated carbocycles. The minimum absolute atomic E-state index is 0.200. The average molecular weight is 882 g/mol. The van der Waals surface area contributed by atoms with Gasteiger partial charge in [0.2, 0.25) is 0 Å². The molecule has 0 unspecified atom stereocenters. The van der Waals surface area contributed by atoms with Gasteiger partial charge >= 0.3 is 0 Å². The van der Waals surface area contributed by atoms with Gasteiger partial charge in [-0.3, -0.25) is 0 Å². The summed E-state index contributed by atoms with van der Waals surface area (Å²) in [6.45, 7) is 4.72. The van der Waals surface area contributed by atoms with Crippen LogP contribution in [0, 0.1) is 0 Å². The number of anilines is 3. The van der Waals surface area contributed by atoms with Crippen LogP contribution in [0.5, 0.6) is 0 Å². The Morgan fingerprint density at radius 1 is 0.319 bits per heavy atom. The Bertz CT molecular complexity index is 3890. The molecular weight excluding hydrogens is 835 g/mol. The molecule has 1 aliphatic rings. The molecule has 11 aromatic carbocycles. The van der Waals surface area contributed by atoms with Crippen molar-refractivity contribution in [3.05, 3.63) is 260 Å². The molecule has 2 nitrogen and oxygen atoms in total. The number of hydrogen-bond donors (Lipinski definition) is 0. The van der Waals surface area contributed by atoms with Crippen LogP contribution in [0.4, 0.5) is 17.1 Å². The van der Waals surface area contributed by atoms with Crippen molar-refractivity contribution in [2.24, 2.45) is 0 Å². The van der Waals surface area contributed by atoms with E-state index in [-0.39, 0.29) is 5.41 Å². The Morgan fingerprint density at radius 2 is 0.841 bits per heavy atom. The molecule has 2 heteroatoms. The van der Waals surface area contributed by atoms with E-state index in [1.54, 1.807) is 0 Å². The van der Waals surface area contributed by atoms with Gasteiger partial charge in [0.25, 0.3) is 0 Å². The summed E-state index contributed by atoms with van der Waals surface area (Å²) in [5, 5.41) is 4.57. The molecule has 1 aromatic heterocycles. The standard InChI is InChI=1S/C67H47NO/c1-67(2)60-27-15-14-25-55(60)56-39-38-53(43-61(56)67)68(63-28-16-26-57-64-54-24-13-12-23-52(54)42-59(66(64)69-65(57)63)49-21-10-5-11-22-49)62-40-37-51(48-31-29-46(30-32-48)44-17-6-3-7-18-44)41-58(62)50-35-33-47(34-36-50)45-19-8-4-9-20-45/h3-43H,1-2H3. The first-order valence-electron chi connectivity index (χ1n) is 23.9. The molecule has 0 atom stereocenters. The third-order valence-corrected chi connectivity index (χ3v) is 14.5. The normalized spacial score (nSPS) is 12.6. The Hall–Kier alpha value is -8.72. The largest absolute Gasteiger partial charge is 0.453 e. The monoisotopic (exact) mass is 881 g/mol. The fourth-order valence-corrected chi connectivity index (χ4v) is 11.0. The zero-order valence-electron chi connectivity index (χ0n) is 38.5. The summed E-state index contributed by atoms with van der Waals surface area (Å²) in [7, 11) is 0. The first kappa shape index (κ1) is 40.5. The summed E-state index contributed by atoms with van der Waals surface area (Å²) < 4.78 is 7.39. The van der Waals surface area contributed by atoms with Gasteiger partial charge in [0.1, 0.15) is 5.58 Å². The summed E-state index contributed by atoms with van der Waals surface area (Å²) in [6.07, 6.45) is 0. The van der Waals surface area contributed by atoms with E-state index in [1.807, 2.05) is 0 Å². The van der Waals surface area contributed by atoms with Gasteiger partial charge in [-0.15, -0.1) is 0 Å². The van der Waals surface area contributed by atoms with E-state index in [0.29, 0.717) is 0 Å². The molecule has 12 aromatic rings. The van der Waals surface area contributed by atoms with Crippen LogP contribution < -0.4 is 4.90 Å². The maximum atomic E-state index is 7.39. The van der Waals surface area contributed by atoms with Gasteiger partial charge in [-0.1, -0.05) is 226 Å². The van der Waals surface area contributed by atoms with Gasteiger partial charge in [0, 0.05) is 33.0 Å². The molecule has 13 rings (SSSR count). The lowest BCUT2D eigenvalue weighted by molar-refractivity contribution is 0.660. The third kappa shape index (κ3) is 6.79. The van der Waals surface area contributed by atoms with Gasteiger partial charge in [0.05, 0.1) is 11.4 Å². The van der Waals surface area contributed by atoms with Crippen LogP contribution in [0.2, 0.25) is 0 Å². The Balaban J connectivity index is 1.07. The Labute approximate surface area is 403 Å². The van der Waals surface area contributed by atoms with Crippen LogP contribution in [0.25, 0.3) is 99.5 Å². The van der Waals surface area contributed by atoms with E-state index < -0.39 is 0 Å².